The zero-order valence-corrected chi connectivity index (χ0v) is 14.5. The molecule has 0 atom stereocenters. The van der Waals surface area contributed by atoms with Gasteiger partial charge in [-0.2, -0.15) is 0 Å². The number of carbonyl (C=O) groups is 2. The van der Waals surface area contributed by atoms with Crippen LogP contribution in [-0.4, -0.2) is 31.8 Å². The van der Waals surface area contributed by atoms with E-state index in [2.05, 4.69) is 10.0 Å². The highest BCUT2D eigenvalue weighted by Crippen LogP contribution is 2.24. The largest absolute Gasteiger partial charge is 0.329 e. The molecule has 0 radical (unpaired) electrons. The van der Waals surface area contributed by atoms with Crippen molar-refractivity contribution in [3.8, 4) is 0 Å². The number of nitrogens with one attached hydrogen (secondary N) is 2. The molecule has 0 aromatic heterocycles. The molecule has 0 bridgehead atoms. The maximum Gasteiger partial charge on any atom is 0.324 e. The molecule has 3 rings (SSSR count). The summed E-state index contributed by atoms with van der Waals surface area (Å²) in [6, 6.07) is 12.1. The molecule has 1 fully saturated rings. The van der Waals surface area contributed by atoms with E-state index in [1.807, 2.05) is 0 Å². The van der Waals surface area contributed by atoms with Gasteiger partial charge in [-0.25, -0.2) is 13.2 Å². The molecule has 0 spiro atoms. The molecule has 9 heteroatoms. The molecule has 7 nitrogen and oxygen atoms in total. The van der Waals surface area contributed by atoms with Crippen molar-refractivity contribution in [1.82, 2.24) is 10.2 Å². The lowest BCUT2D eigenvalue weighted by molar-refractivity contribution is -0.125. The number of nitrogens with zero attached hydrogens (tertiary/aromatic N) is 1. The molecule has 1 aliphatic heterocycles. The number of amides is 3. The summed E-state index contributed by atoms with van der Waals surface area (Å²) in [6.45, 7) is 0.0317. The summed E-state index contributed by atoms with van der Waals surface area (Å²) in [5.74, 6) is -0.327. The van der Waals surface area contributed by atoms with Crippen LogP contribution < -0.4 is 10.0 Å². The standard InChI is InChI=1S/C16H14ClN3O4S/c17-13-6-1-2-7-14(13)25(23,24)19-12-5-3-4-11(8-12)10-20-15(21)9-18-16(20)22/h1-8,19H,9-10H2,(H,18,22). The van der Waals surface area contributed by atoms with Gasteiger partial charge in [-0.05, 0) is 29.8 Å². The molecule has 0 unspecified atom stereocenters. The Morgan fingerprint density at radius 2 is 1.88 bits per heavy atom. The fraction of sp³-hybridized carbons (Fsp3) is 0.125. The second kappa shape index (κ2) is 6.73. The highest BCUT2D eigenvalue weighted by molar-refractivity contribution is 7.92. The lowest BCUT2D eigenvalue weighted by atomic mass is 10.2. The van der Waals surface area contributed by atoms with Gasteiger partial charge in [0.15, 0.2) is 0 Å². The van der Waals surface area contributed by atoms with Crippen LogP contribution in [0.4, 0.5) is 10.5 Å². The molecule has 1 heterocycles. The Morgan fingerprint density at radius 1 is 1.12 bits per heavy atom. The minimum atomic E-state index is -3.85. The van der Waals surface area contributed by atoms with Gasteiger partial charge in [0.05, 0.1) is 18.1 Å². The summed E-state index contributed by atoms with van der Waals surface area (Å²) in [5.41, 5.74) is 0.925. The van der Waals surface area contributed by atoms with E-state index in [9.17, 15) is 18.0 Å². The Bertz CT molecular complexity index is 930. The average molecular weight is 380 g/mol. The molecular weight excluding hydrogens is 366 g/mol. The van der Waals surface area contributed by atoms with Crippen molar-refractivity contribution in [2.45, 2.75) is 11.4 Å². The van der Waals surface area contributed by atoms with Crippen molar-refractivity contribution in [1.29, 1.82) is 0 Å². The van der Waals surface area contributed by atoms with Crippen LogP contribution in [0, 0.1) is 0 Å². The number of urea groups is 1. The number of sulfonamides is 1. The third-order valence-electron chi connectivity index (χ3n) is 3.58. The van der Waals surface area contributed by atoms with E-state index < -0.39 is 16.1 Å². The topological polar surface area (TPSA) is 95.6 Å². The first-order valence-corrected chi connectivity index (χ1v) is 9.17. The lowest BCUT2D eigenvalue weighted by Gasteiger charge is -2.14. The van der Waals surface area contributed by atoms with Crippen LogP contribution in [0.5, 0.6) is 0 Å². The minimum absolute atomic E-state index is 0.0301. The predicted octanol–water partition coefficient (Wildman–Crippen LogP) is 2.19. The molecule has 2 N–H and O–H groups in total. The molecule has 130 valence electrons. The smallest absolute Gasteiger partial charge is 0.324 e. The van der Waals surface area contributed by atoms with E-state index in [1.165, 1.54) is 12.1 Å². The van der Waals surface area contributed by atoms with E-state index in [1.54, 1.807) is 36.4 Å². The Labute approximate surface area is 149 Å². The van der Waals surface area contributed by atoms with Crippen molar-refractivity contribution < 1.29 is 18.0 Å². The van der Waals surface area contributed by atoms with E-state index in [0.717, 1.165) is 4.90 Å². The minimum Gasteiger partial charge on any atom is -0.329 e. The van der Waals surface area contributed by atoms with E-state index in [4.69, 9.17) is 11.6 Å². The Morgan fingerprint density at radius 3 is 2.56 bits per heavy atom. The molecular formula is C16H14ClN3O4S. The number of rotatable bonds is 5. The van der Waals surface area contributed by atoms with E-state index in [-0.39, 0.29) is 28.9 Å². The Balaban J connectivity index is 1.81. The maximum atomic E-state index is 12.5. The van der Waals surface area contributed by atoms with Crippen LogP contribution in [-0.2, 0) is 21.4 Å². The van der Waals surface area contributed by atoms with Gasteiger partial charge in [0, 0.05) is 5.69 Å². The summed E-state index contributed by atoms with van der Waals surface area (Å²) in [4.78, 5) is 24.3. The van der Waals surface area contributed by atoms with Gasteiger partial charge in [0.1, 0.15) is 4.90 Å². The first kappa shape index (κ1) is 17.2. The van der Waals surface area contributed by atoms with Crippen LogP contribution >= 0.6 is 11.6 Å². The van der Waals surface area contributed by atoms with Gasteiger partial charge in [0.2, 0.25) is 5.91 Å². The average Bonchev–Trinajstić information content (AvgIpc) is 2.87. The van der Waals surface area contributed by atoms with E-state index >= 15 is 0 Å². The third kappa shape index (κ3) is 3.75. The number of hydrogen-bond donors (Lipinski definition) is 2. The maximum absolute atomic E-state index is 12.5. The summed E-state index contributed by atoms with van der Waals surface area (Å²) in [7, 11) is -3.85. The molecule has 2 aromatic carbocycles. The molecule has 2 aromatic rings. The zero-order valence-electron chi connectivity index (χ0n) is 12.9. The molecule has 1 saturated heterocycles. The van der Waals surface area contributed by atoms with Crippen LogP contribution in [0.3, 0.4) is 0 Å². The molecule has 0 saturated carbocycles. The highest BCUT2D eigenvalue weighted by Gasteiger charge is 2.28. The monoisotopic (exact) mass is 379 g/mol. The number of benzene rings is 2. The lowest BCUT2D eigenvalue weighted by Crippen LogP contribution is -2.30. The van der Waals surface area contributed by atoms with Crippen molar-refractivity contribution in [2.24, 2.45) is 0 Å². The number of imide groups is 1. The predicted molar refractivity (Wildman–Crippen MR) is 92.7 cm³/mol. The highest BCUT2D eigenvalue weighted by atomic mass is 35.5. The number of hydrogen-bond acceptors (Lipinski definition) is 4. The second-order valence-electron chi connectivity index (χ2n) is 5.37. The molecule has 25 heavy (non-hydrogen) atoms. The molecule has 3 amide bonds. The summed E-state index contributed by atoms with van der Waals surface area (Å²) >= 11 is 5.94. The van der Waals surface area contributed by atoms with Crippen LogP contribution in [0.15, 0.2) is 53.4 Å². The van der Waals surface area contributed by atoms with Gasteiger partial charge >= 0.3 is 6.03 Å². The number of anilines is 1. The van der Waals surface area contributed by atoms with Crippen molar-refractivity contribution in [3.05, 3.63) is 59.1 Å². The second-order valence-corrected chi connectivity index (χ2v) is 7.43. The van der Waals surface area contributed by atoms with Crippen LogP contribution in [0.2, 0.25) is 5.02 Å². The fourth-order valence-electron chi connectivity index (χ4n) is 2.40. The first-order valence-electron chi connectivity index (χ1n) is 7.31. The number of halogens is 1. The molecule has 0 aliphatic carbocycles. The zero-order chi connectivity index (χ0) is 18.0. The summed E-state index contributed by atoms with van der Waals surface area (Å²) < 4.78 is 27.4. The normalized spacial score (nSPS) is 14.5. The van der Waals surface area contributed by atoms with Crippen LogP contribution in [0.1, 0.15) is 5.56 Å². The van der Waals surface area contributed by atoms with Gasteiger partial charge in [-0.3, -0.25) is 14.4 Å². The van der Waals surface area contributed by atoms with Crippen molar-refractivity contribution in [2.75, 3.05) is 11.3 Å². The Hall–Kier alpha value is -2.58. The summed E-state index contributed by atoms with van der Waals surface area (Å²) in [6.07, 6.45) is 0. The van der Waals surface area contributed by atoms with Gasteiger partial charge in [-0.15, -0.1) is 0 Å². The van der Waals surface area contributed by atoms with Crippen LogP contribution in [0.25, 0.3) is 0 Å². The van der Waals surface area contributed by atoms with Crippen molar-refractivity contribution in [3.63, 3.8) is 0 Å². The number of carbonyl (C=O) groups excluding carboxylic acids is 2. The summed E-state index contributed by atoms with van der Waals surface area (Å²) in [5, 5.41) is 2.55. The van der Waals surface area contributed by atoms with Gasteiger partial charge in [-0.1, -0.05) is 35.9 Å². The third-order valence-corrected chi connectivity index (χ3v) is 5.46. The molecule has 1 aliphatic rings. The SMILES string of the molecule is O=C1CNC(=O)N1Cc1cccc(NS(=O)(=O)c2ccccc2Cl)c1. The quantitative estimate of drug-likeness (QED) is 0.778. The Kier molecular flexibility index (Phi) is 4.65. The van der Waals surface area contributed by atoms with E-state index in [0.29, 0.717) is 11.3 Å². The van der Waals surface area contributed by atoms with Crippen molar-refractivity contribution >= 4 is 39.2 Å². The fourth-order valence-corrected chi connectivity index (χ4v) is 3.97. The first-order chi connectivity index (χ1) is 11.9. The van der Waals surface area contributed by atoms with Gasteiger partial charge in [0.25, 0.3) is 10.0 Å². The van der Waals surface area contributed by atoms with Gasteiger partial charge < -0.3 is 5.32 Å².